The largest absolute Gasteiger partial charge is 0.386 e. The van der Waals surface area contributed by atoms with Crippen LogP contribution in [0, 0.1) is 11.7 Å². The van der Waals surface area contributed by atoms with Crippen LogP contribution in [0.25, 0.3) is 0 Å². The first-order chi connectivity index (χ1) is 8.35. The molecule has 0 aliphatic carbocycles. The number of aliphatic hydroxyl groups is 1. The van der Waals surface area contributed by atoms with Crippen LogP contribution in [0.2, 0.25) is 5.02 Å². The number of benzene rings is 1. The van der Waals surface area contributed by atoms with Gasteiger partial charge in [-0.15, -0.1) is 0 Å². The van der Waals surface area contributed by atoms with Gasteiger partial charge in [0.25, 0.3) is 5.91 Å². The summed E-state index contributed by atoms with van der Waals surface area (Å²) in [4.78, 5) is 13.5. The smallest absolute Gasteiger partial charge is 0.257 e. The Balaban J connectivity index is 2.13. The fourth-order valence-corrected chi connectivity index (χ4v) is 2.14. The molecule has 0 aromatic heterocycles. The van der Waals surface area contributed by atoms with Crippen LogP contribution < -0.4 is 0 Å². The van der Waals surface area contributed by atoms with Gasteiger partial charge in [0.15, 0.2) is 5.82 Å². The van der Waals surface area contributed by atoms with Crippen molar-refractivity contribution in [2.45, 2.75) is 19.4 Å². The molecule has 0 unspecified atom stereocenters. The molecule has 0 saturated carbocycles. The summed E-state index contributed by atoms with van der Waals surface area (Å²) in [6.07, 6.45) is 0. The highest BCUT2D eigenvalue weighted by molar-refractivity contribution is 6.31. The molecule has 0 radical (unpaired) electrons. The Labute approximate surface area is 110 Å². The highest BCUT2D eigenvalue weighted by Crippen LogP contribution is 2.30. The Bertz CT molecular complexity index is 484. The molecule has 1 aliphatic heterocycles. The lowest BCUT2D eigenvalue weighted by molar-refractivity contribution is -0.111. The minimum atomic E-state index is -0.856. The molecule has 1 heterocycles. The molecule has 0 spiro atoms. The number of rotatable bonds is 2. The monoisotopic (exact) mass is 271 g/mol. The zero-order valence-corrected chi connectivity index (χ0v) is 11.0. The molecule has 1 fully saturated rings. The maximum Gasteiger partial charge on any atom is 0.257 e. The molecule has 3 nitrogen and oxygen atoms in total. The van der Waals surface area contributed by atoms with Crippen LogP contribution >= 0.6 is 11.6 Å². The van der Waals surface area contributed by atoms with E-state index in [2.05, 4.69) is 0 Å². The number of hydrogen-bond acceptors (Lipinski definition) is 2. The molecule has 1 amide bonds. The molecule has 2 rings (SSSR count). The summed E-state index contributed by atoms with van der Waals surface area (Å²) in [5.74, 6) is -1.07. The summed E-state index contributed by atoms with van der Waals surface area (Å²) in [7, 11) is 0. The first-order valence-corrected chi connectivity index (χ1v) is 6.18. The van der Waals surface area contributed by atoms with Gasteiger partial charge < -0.3 is 10.0 Å². The molecule has 1 aliphatic rings. The first-order valence-electron chi connectivity index (χ1n) is 5.81. The van der Waals surface area contributed by atoms with Crippen LogP contribution in [0.3, 0.4) is 0 Å². The van der Waals surface area contributed by atoms with Crippen molar-refractivity contribution < 1.29 is 14.3 Å². The van der Waals surface area contributed by atoms with Crippen LogP contribution in [-0.2, 0) is 0 Å². The second-order valence-electron chi connectivity index (χ2n) is 5.02. The van der Waals surface area contributed by atoms with E-state index in [9.17, 15) is 14.3 Å². The zero-order valence-electron chi connectivity index (χ0n) is 10.3. The second kappa shape index (κ2) is 4.52. The highest BCUT2D eigenvalue weighted by Gasteiger charge is 2.46. The molecule has 1 saturated heterocycles. The lowest BCUT2D eigenvalue weighted by Crippen LogP contribution is -2.66. The first kappa shape index (κ1) is 13.3. The molecule has 0 bridgehead atoms. The predicted molar refractivity (Wildman–Crippen MR) is 67.1 cm³/mol. The maximum atomic E-state index is 13.7. The van der Waals surface area contributed by atoms with Crippen LogP contribution in [0.15, 0.2) is 18.2 Å². The number of amides is 1. The number of β-amino-alcohol motifs (C(OH)–C–C–N with tert-alkyl or cyclic N) is 1. The van der Waals surface area contributed by atoms with Gasteiger partial charge in [0.05, 0.1) is 23.7 Å². The van der Waals surface area contributed by atoms with E-state index < -0.39 is 17.3 Å². The third-order valence-electron chi connectivity index (χ3n) is 3.47. The van der Waals surface area contributed by atoms with Crippen molar-refractivity contribution in [1.29, 1.82) is 0 Å². The summed E-state index contributed by atoms with van der Waals surface area (Å²) in [6, 6.07) is 4.33. The van der Waals surface area contributed by atoms with Gasteiger partial charge in [-0.05, 0) is 18.1 Å². The summed E-state index contributed by atoms with van der Waals surface area (Å²) in [6.45, 7) is 4.24. The molecule has 98 valence electrons. The summed E-state index contributed by atoms with van der Waals surface area (Å²) in [5, 5.41) is 9.99. The van der Waals surface area contributed by atoms with Crippen molar-refractivity contribution in [2.24, 2.45) is 5.92 Å². The number of likely N-dealkylation sites (tertiary alicyclic amines) is 1. The standard InChI is InChI=1S/C13H15ClFNO2/c1-8(2)13(18)6-16(7-13)12(17)9-4-3-5-10(14)11(9)15/h3-5,8,18H,6-7H2,1-2H3. The van der Waals surface area contributed by atoms with E-state index in [0.29, 0.717) is 0 Å². The Hall–Kier alpha value is -1.13. The Morgan fingerprint density at radius 2 is 2.11 bits per heavy atom. The van der Waals surface area contributed by atoms with Gasteiger partial charge in [0.2, 0.25) is 0 Å². The van der Waals surface area contributed by atoms with Gasteiger partial charge in [0.1, 0.15) is 5.60 Å². The fraction of sp³-hybridized carbons (Fsp3) is 0.462. The Kier molecular flexibility index (Phi) is 3.34. The molecule has 18 heavy (non-hydrogen) atoms. The van der Waals surface area contributed by atoms with Crippen molar-refractivity contribution in [2.75, 3.05) is 13.1 Å². The number of halogens is 2. The quantitative estimate of drug-likeness (QED) is 0.897. The van der Waals surface area contributed by atoms with Crippen molar-refractivity contribution in [3.8, 4) is 0 Å². The predicted octanol–water partition coefficient (Wildman–Crippen LogP) is 2.32. The SMILES string of the molecule is CC(C)C1(O)CN(C(=O)c2cccc(Cl)c2F)C1. The lowest BCUT2D eigenvalue weighted by atomic mass is 9.82. The lowest BCUT2D eigenvalue weighted by Gasteiger charge is -2.49. The van der Waals surface area contributed by atoms with Gasteiger partial charge >= 0.3 is 0 Å². The van der Waals surface area contributed by atoms with E-state index in [4.69, 9.17) is 11.6 Å². The average molecular weight is 272 g/mol. The molecule has 1 aromatic rings. The van der Waals surface area contributed by atoms with Gasteiger partial charge in [-0.2, -0.15) is 0 Å². The van der Waals surface area contributed by atoms with Crippen molar-refractivity contribution >= 4 is 17.5 Å². The summed E-state index contributed by atoms with van der Waals surface area (Å²) in [5.41, 5.74) is -0.904. The fourth-order valence-electron chi connectivity index (χ4n) is 1.96. The normalized spacial score (nSPS) is 17.8. The third-order valence-corrected chi connectivity index (χ3v) is 3.77. The van der Waals surface area contributed by atoms with E-state index in [0.717, 1.165) is 0 Å². The van der Waals surface area contributed by atoms with Gasteiger partial charge in [-0.3, -0.25) is 4.79 Å². The van der Waals surface area contributed by atoms with Crippen molar-refractivity contribution in [3.05, 3.63) is 34.6 Å². The van der Waals surface area contributed by atoms with Crippen molar-refractivity contribution in [3.63, 3.8) is 0 Å². The zero-order chi connectivity index (χ0) is 13.5. The van der Waals surface area contributed by atoms with Gasteiger partial charge in [-0.25, -0.2) is 4.39 Å². The number of carbonyl (C=O) groups is 1. The summed E-state index contributed by atoms with van der Waals surface area (Å²) >= 11 is 5.64. The van der Waals surface area contributed by atoms with Crippen LogP contribution in [0.4, 0.5) is 4.39 Å². The Morgan fingerprint density at radius 1 is 1.50 bits per heavy atom. The van der Waals surface area contributed by atoms with Gasteiger partial charge in [0, 0.05) is 0 Å². The van der Waals surface area contributed by atoms with Gasteiger partial charge in [-0.1, -0.05) is 31.5 Å². The maximum absolute atomic E-state index is 13.7. The van der Waals surface area contributed by atoms with Crippen LogP contribution in [0.1, 0.15) is 24.2 Å². The van der Waals surface area contributed by atoms with Crippen LogP contribution in [0.5, 0.6) is 0 Å². The average Bonchev–Trinajstić information content (AvgIpc) is 2.27. The third kappa shape index (κ3) is 2.10. The number of hydrogen-bond donors (Lipinski definition) is 1. The van der Waals surface area contributed by atoms with E-state index in [-0.39, 0.29) is 29.6 Å². The van der Waals surface area contributed by atoms with Crippen molar-refractivity contribution in [1.82, 2.24) is 4.90 Å². The van der Waals surface area contributed by atoms with E-state index in [1.807, 2.05) is 13.8 Å². The second-order valence-corrected chi connectivity index (χ2v) is 5.43. The minimum absolute atomic E-state index is 0.0479. The van der Waals surface area contributed by atoms with E-state index in [1.165, 1.54) is 23.1 Å². The molecule has 1 N–H and O–H groups in total. The van der Waals surface area contributed by atoms with Crippen LogP contribution in [-0.4, -0.2) is 34.6 Å². The molecule has 1 aromatic carbocycles. The Morgan fingerprint density at radius 3 is 2.67 bits per heavy atom. The minimum Gasteiger partial charge on any atom is -0.386 e. The molecular formula is C13H15ClFNO2. The molecular weight excluding hydrogens is 257 g/mol. The molecule has 0 atom stereocenters. The topological polar surface area (TPSA) is 40.5 Å². The highest BCUT2D eigenvalue weighted by atomic mass is 35.5. The summed E-state index contributed by atoms with van der Waals surface area (Å²) < 4.78 is 13.7. The number of nitrogens with zero attached hydrogens (tertiary/aromatic N) is 1. The number of carbonyl (C=O) groups excluding carboxylic acids is 1. The van der Waals surface area contributed by atoms with E-state index in [1.54, 1.807) is 0 Å². The van der Waals surface area contributed by atoms with E-state index >= 15 is 0 Å². The molecule has 5 heteroatoms.